The molecule has 0 aliphatic heterocycles. The predicted octanol–water partition coefficient (Wildman–Crippen LogP) is 2.44. The van der Waals surface area contributed by atoms with Crippen LogP contribution in [-0.4, -0.2) is 15.4 Å². The highest BCUT2D eigenvalue weighted by Crippen LogP contribution is 2.19. The van der Waals surface area contributed by atoms with Crippen molar-refractivity contribution < 1.29 is 0 Å². The first kappa shape index (κ1) is 11.4. The number of rotatable bonds is 3. The maximum atomic E-state index is 6.24. The number of fused-ring (bicyclic) bond motifs is 1. The smallest absolute Gasteiger partial charge is 0.138 e. The molecule has 0 aliphatic rings. The molecule has 86 valence electrons. The minimum absolute atomic E-state index is 0.158. The molecule has 0 radical (unpaired) electrons. The van der Waals surface area contributed by atoms with Crippen molar-refractivity contribution in [3.05, 3.63) is 34.7 Å². The minimum Gasteiger partial charge on any atom is -0.328 e. The van der Waals surface area contributed by atoms with Crippen molar-refractivity contribution in [2.75, 3.05) is 0 Å². The third-order valence-corrected chi connectivity index (χ3v) is 2.98. The second kappa shape index (κ2) is 4.44. The van der Waals surface area contributed by atoms with Crippen LogP contribution in [0.2, 0.25) is 5.15 Å². The van der Waals surface area contributed by atoms with Gasteiger partial charge in [0.05, 0.1) is 5.69 Å². The Morgan fingerprint density at radius 1 is 1.50 bits per heavy atom. The van der Waals surface area contributed by atoms with Crippen LogP contribution in [0.5, 0.6) is 0 Å². The number of pyridine rings is 1. The molecule has 0 bridgehead atoms. The van der Waals surface area contributed by atoms with Gasteiger partial charge in [0.2, 0.25) is 0 Å². The van der Waals surface area contributed by atoms with Gasteiger partial charge >= 0.3 is 0 Å². The van der Waals surface area contributed by atoms with Crippen LogP contribution in [0.15, 0.2) is 18.3 Å². The van der Waals surface area contributed by atoms with E-state index in [1.165, 1.54) is 5.56 Å². The van der Waals surface area contributed by atoms with Crippen molar-refractivity contribution in [2.45, 2.75) is 32.7 Å². The summed E-state index contributed by atoms with van der Waals surface area (Å²) in [7, 11) is 0. The van der Waals surface area contributed by atoms with E-state index in [9.17, 15) is 0 Å². The summed E-state index contributed by atoms with van der Waals surface area (Å²) in [5, 5.41) is 0.712. The number of hydrogen-bond donors (Lipinski definition) is 1. The first-order valence-corrected chi connectivity index (χ1v) is 5.90. The van der Waals surface area contributed by atoms with Crippen molar-refractivity contribution in [1.82, 2.24) is 9.38 Å². The average molecular weight is 238 g/mol. The molecule has 2 rings (SSSR count). The second-order valence-electron chi connectivity index (χ2n) is 4.15. The lowest BCUT2D eigenvalue weighted by atomic mass is 10.1. The molecule has 0 fully saturated rings. The average Bonchev–Trinajstić information content (AvgIpc) is 2.55. The minimum atomic E-state index is 0.158. The molecule has 0 saturated heterocycles. The molecule has 3 nitrogen and oxygen atoms in total. The van der Waals surface area contributed by atoms with Gasteiger partial charge in [0.25, 0.3) is 0 Å². The summed E-state index contributed by atoms with van der Waals surface area (Å²) in [6.45, 7) is 4.05. The maximum Gasteiger partial charge on any atom is 0.138 e. The first-order valence-electron chi connectivity index (χ1n) is 5.52. The van der Waals surface area contributed by atoms with Gasteiger partial charge in [-0.3, -0.25) is 4.40 Å². The fraction of sp³-hybridized carbons (Fsp3) is 0.417. The summed E-state index contributed by atoms with van der Waals surface area (Å²) >= 11 is 6.24. The second-order valence-corrected chi connectivity index (χ2v) is 4.51. The van der Waals surface area contributed by atoms with Crippen LogP contribution in [0.4, 0.5) is 0 Å². The van der Waals surface area contributed by atoms with Gasteiger partial charge in [0.15, 0.2) is 0 Å². The van der Waals surface area contributed by atoms with Gasteiger partial charge in [0, 0.05) is 12.2 Å². The third-order valence-electron chi connectivity index (χ3n) is 2.58. The Bertz CT molecular complexity index is 502. The van der Waals surface area contributed by atoms with E-state index < -0.39 is 0 Å². The zero-order valence-electron chi connectivity index (χ0n) is 9.57. The Morgan fingerprint density at radius 2 is 2.25 bits per heavy atom. The Balaban J connectivity index is 2.48. The maximum absolute atomic E-state index is 6.24. The van der Waals surface area contributed by atoms with Crippen LogP contribution < -0.4 is 5.73 Å². The van der Waals surface area contributed by atoms with E-state index in [-0.39, 0.29) is 6.04 Å². The molecule has 1 unspecified atom stereocenters. The molecule has 0 amide bonds. The van der Waals surface area contributed by atoms with E-state index in [1.54, 1.807) is 0 Å². The van der Waals surface area contributed by atoms with Gasteiger partial charge in [-0.15, -0.1) is 0 Å². The Morgan fingerprint density at radius 3 is 2.88 bits per heavy atom. The number of nitrogens with two attached hydrogens (primary N) is 1. The van der Waals surface area contributed by atoms with Crippen molar-refractivity contribution >= 4 is 17.2 Å². The topological polar surface area (TPSA) is 43.3 Å². The summed E-state index contributed by atoms with van der Waals surface area (Å²) in [6, 6.07) is 4.20. The molecular weight excluding hydrogens is 222 g/mol. The molecule has 16 heavy (non-hydrogen) atoms. The summed E-state index contributed by atoms with van der Waals surface area (Å²) in [6.07, 6.45) is 3.72. The van der Waals surface area contributed by atoms with Crippen LogP contribution in [0.1, 0.15) is 25.1 Å². The van der Waals surface area contributed by atoms with Crippen LogP contribution in [0, 0.1) is 0 Å². The number of imidazole rings is 1. The van der Waals surface area contributed by atoms with Gasteiger partial charge in [-0.1, -0.05) is 24.6 Å². The van der Waals surface area contributed by atoms with Crippen LogP contribution in [0.25, 0.3) is 5.65 Å². The Hall–Kier alpha value is -1.06. The first-order chi connectivity index (χ1) is 7.61. The highest BCUT2D eigenvalue weighted by Gasteiger charge is 2.08. The largest absolute Gasteiger partial charge is 0.328 e. The molecule has 0 aromatic carbocycles. The fourth-order valence-electron chi connectivity index (χ4n) is 1.83. The van der Waals surface area contributed by atoms with Crippen molar-refractivity contribution in [3.63, 3.8) is 0 Å². The molecule has 2 aromatic heterocycles. The molecule has 2 aromatic rings. The van der Waals surface area contributed by atoms with Gasteiger partial charge in [-0.25, -0.2) is 4.98 Å². The van der Waals surface area contributed by atoms with E-state index in [0.29, 0.717) is 5.15 Å². The van der Waals surface area contributed by atoms with Crippen molar-refractivity contribution in [2.24, 2.45) is 5.73 Å². The molecule has 0 aliphatic carbocycles. The number of nitrogens with zero attached hydrogens (tertiary/aromatic N) is 2. The highest BCUT2D eigenvalue weighted by atomic mass is 35.5. The molecule has 2 N–H and O–H groups in total. The summed E-state index contributed by atoms with van der Waals surface area (Å²) in [5.74, 6) is 0. The Kier molecular flexibility index (Phi) is 3.17. The number of hydrogen-bond acceptors (Lipinski definition) is 2. The highest BCUT2D eigenvalue weighted by molar-refractivity contribution is 6.30. The third kappa shape index (κ3) is 2.06. The quantitative estimate of drug-likeness (QED) is 0.891. The monoisotopic (exact) mass is 237 g/mol. The molecule has 0 saturated carbocycles. The summed E-state index contributed by atoms with van der Waals surface area (Å²) in [4.78, 5) is 4.45. The standard InChI is InChI=1S/C12H16ClN3/c1-3-10-12(13)16-7-9(6-8(2)14)4-5-11(16)15-10/h4-5,7-8H,3,6,14H2,1-2H3. The SMILES string of the molecule is CCc1nc2ccc(CC(C)N)cn2c1Cl. The van der Waals surface area contributed by atoms with Crippen molar-refractivity contribution in [3.8, 4) is 0 Å². The van der Waals surface area contributed by atoms with E-state index in [1.807, 2.05) is 23.6 Å². The zero-order valence-corrected chi connectivity index (χ0v) is 10.3. The van der Waals surface area contributed by atoms with Gasteiger partial charge in [-0.05, 0) is 31.4 Å². The summed E-state index contributed by atoms with van der Waals surface area (Å²) in [5.41, 5.74) is 8.81. The number of halogens is 1. The number of aromatic nitrogens is 2. The normalized spacial score (nSPS) is 13.2. The van der Waals surface area contributed by atoms with Gasteiger partial charge in [0.1, 0.15) is 10.8 Å². The molecule has 2 heterocycles. The molecular formula is C12H16ClN3. The predicted molar refractivity (Wildman–Crippen MR) is 66.9 cm³/mol. The number of aryl methyl sites for hydroxylation is 1. The van der Waals surface area contributed by atoms with E-state index >= 15 is 0 Å². The van der Waals surface area contributed by atoms with Crippen LogP contribution in [0.3, 0.4) is 0 Å². The van der Waals surface area contributed by atoms with Gasteiger partial charge < -0.3 is 5.73 Å². The van der Waals surface area contributed by atoms with Gasteiger partial charge in [-0.2, -0.15) is 0 Å². The zero-order chi connectivity index (χ0) is 11.7. The van der Waals surface area contributed by atoms with Crippen LogP contribution >= 0.6 is 11.6 Å². The lowest BCUT2D eigenvalue weighted by molar-refractivity contribution is 0.734. The summed E-state index contributed by atoms with van der Waals surface area (Å²) < 4.78 is 1.93. The Labute approximate surface area is 100 Å². The lowest BCUT2D eigenvalue weighted by Crippen LogP contribution is -2.17. The van der Waals surface area contributed by atoms with E-state index in [2.05, 4.69) is 18.0 Å². The molecule has 1 atom stereocenters. The van der Waals surface area contributed by atoms with E-state index in [4.69, 9.17) is 17.3 Å². The molecule has 0 spiro atoms. The molecule has 4 heteroatoms. The van der Waals surface area contributed by atoms with Crippen LogP contribution in [-0.2, 0) is 12.8 Å². The lowest BCUT2D eigenvalue weighted by Gasteiger charge is -2.05. The van der Waals surface area contributed by atoms with Crippen molar-refractivity contribution in [1.29, 1.82) is 0 Å². The fourth-order valence-corrected chi connectivity index (χ4v) is 2.14. The van der Waals surface area contributed by atoms with E-state index in [0.717, 1.165) is 24.2 Å².